The number of piperidine rings is 1. The number of aliphatic hydroxyl groups is 1. The van der Waals surface area contributed by atoms with Crippen molar-refractivity contribution in [1.29, 1.82) is 0 Å². The van der Waals surface area contributed by atoms with E-state index >= 15 is 0 Å². The SMILES string of the molecule is CN(C)C(=O)c1cc2c(OC[C@@H](O)CN3CCC(c4ccc5ccccc5c4)CC3)cccc2n1C. The normalized spacial score (nSPS) is 15.9. The van der Waals surface area contributed by atoms with E-state index in [1.807, 2.05) is 35.9 Å². The summed E-state index contributed by atoms with van der Waals surface area (Å²) in [5.41, 5.74) is 2.96. The smallest absolute Gasteiger partial charge is 0.269 e. The number of aliphatic hydroxyl groups excluding tert-OH is 1. The number of likely N-dealkylation sites (tertiary alicyclic amines) is 1. The van der Waals surface area contributed by atoms with Crippen molar-refractivity contribution in [2.24, 2.45) is 7.05 Å². The third-order valence-corrected chi connectivity index (χ3v) is 7.40. The van der Waals surface area contributed by atoms with Gasteiger partial charge in [0.05, 0.1) is 5.52 Å². The second-order valence-corrected chi connectivity index (χ2v) is 10.1. The Morgan fingerprint density at radius 3 is 2.53 bits per heavy atom. The minimum absolute atomic E-state index is 0.0493. The molecule has 1 aromatic heterocycles. The van der Waals surface area contributed by atoms with Gasteiger partial charge in [0.2, 0.25) is 0 Å². The maximum Gasteiger partial charge on any atom is 0.269 e. The summed E-state index contributed by atoms with van der Waals surface area (Å²) in [5, 5.41) is 14.2. The van der Waals surface area contributed by atoms with E-state index in [9.17, 15) is 9.90 Å². The molecule has 0 unspecified atom stereocenters. The lowest BCUT2D eigenvalue weighted by Crippen LogP contribution is -2.40. The van der Waals surface area contributed by atoms with Gasteiger partial charge in [-0.15, -0.1) is 0 Å². The summed E-state index contributed by atoms with van der Waals surface area (Å²) in [4.78, 5) is 16.4. The van der Waals surface area contributed by atoms with Crippen LogP contribution >= 0.6 is 0 Å². The molecule has 1 N–H and O–H groups in total. The van der Waals surface area contributed by atoms with Gasteiger partial charge >= 0.3 is 0 Å². The monoisotopic (exact) mass is 485 g/mol. The van der Waals surface area contributed by atoms with Crippen molar-refractivity contribution in [3.05, 3.63) is 78.0 Å². The highest BCUT2D eigenvalue weighted by Gasteiger charge is 2.23. The number of nitrogens with zero attached hydrogens (tertiary/aromatic N) is 3. The molecule has 36 heavy (non-hydrogen) atoms. The minimum Gasteiger partial charge on any atom is -0.490 e. The predicted molar refractivity (Wildman–Crippen MR) is 145 cm³/mol. The Kier molecular flexibility index (Phi) is 6.99. The van der Waals surface area contributed by atoms with Crippen molar-refractivity contribution in [2.75, 3.05) is 40.3 Å². The number of hydrogen-bond acceptors (Lipinski definition) is 4. The van der Waals surface area contributed by atoms with Gasteiger partial charge in [0.15, 0.2) is 0 Å². The fraction of sp³-hybridized carbons (Fsp3) is 0.367. The lowest BCUT2D eigenvalue weighted by molar-refractivity contribution is 0.0599. The number of carbonyl (C=O) groups excluding carboxylic acids is 1. The quantitative estimate of drug-likeness (QED) is 0.414. The zero-order valence-electron chi connectivity index (χ0n) is 21.4. The second-order valence-electron chi connectivity index (χ2n) is 10.1. The zero-order valence-corrected chi connectivity index (χ0v) is 21.4. The molecule has 0 spiro atoms. The lowest BCUT2D eigenvalue weighted by Gasteiger charge is -2.33. The number of rotatable bonds is 7. The fourth-order valence-electron chi connectivity index (χ4n) is 5.34. The molecule has 1 amide bonds. The first-order valence-electron chi connectivity index (χ1n) is 12.7. The fourth-order valence-corrected chi connectivity index (χ4v) is 5.34. The van der Waals surface area contributed by atoms with Gasteiger partial charge in [-0.1, -0.05) is 48.5 Å². The third-order valence-electron chi connectivity index (χ3n) is 7.40. The highest BCUT2D eigenvalue weighted by atomic mass is 16.5. The maximum atomic E-state index is 12.5. The Hall–Kier alpha value is -3.35. The molecule has 5 rings (SSSR count). The molecular weight excluding hydrogens is 450 g/mol. The van der Waals surface area contributed by atoms with E-state index in [-0.39, 0.29) is 12.5 Å². The molecule has 0 saturated carbocycles. The molecule has 188 valence electrons. The molecule has 2 heterocycles. The Labute approximate surface area is 212 Å². The van der Waals surface area contributed by atoms with Crippen molar-refractivity contribution in [1.82, 2.24) is 14.4 Å². The number of fused-ring (bicyclic) bond motifs is 2. The first-order valence-corrected chi connectivity index (χ1v) is 12.7. The summed E-state index contributed by atoms with van der Waals surface area (Å²) >= 11 is 0. The van der Waals surface area contributed by atoms with Crippen LogP contribution in [0.1, 0.15) is 34.8 Å². The molecule has 0 radical (unpaired) electrons. The first kappa shape index (κ1) is 24.3. The van der Waals surface area contributed by atoms with Crippen molar-refractivity contribution >= 4 is 27.6 Å². The largest absolute Gasteiger partial charge is 0.490 e. The highest BCUT2D eigenvalue weighted by molar-refractivity contribution is 6.00. The average Bonchev–Trinajstić information content (AvgIpc) is 3.24. The van der Waals surface area contributed by atoms with E-state index in [1.165, 1.54) is 16.3 Å². The molecule has 6 nitrogen and oxygen atoms in total. The third kappa shape index (κ3) is 4.97. The number of amides is 1. The molecular formula is C30H35N3O3. The van der Waals surface area contributed by atoms with Crippen LogP contribution in [0.4, 0.5) is 0 Å². The molecule has 1 atom stereocenters. The number of aromatic nitrogens is 1. The number of hydrogen-bond donors (Lipinski definition) is 1. The molecule has 0 aliphatic carbocycles. The van der Waals surface area contributed by atoms with Crippen LogP contribution in [-0.4, -0.2) is 71.8 Å². The van der Waals surface area contributed by atoms with E-state index in [0.29, 0.717) is 23.9 Å². The Morgan fingerprint density at radius 2 is 1.78 bits per heavy atom. The maximum absolute atomic E-state index is 12.5. The molecule has 1 aliphatic heterocycles. The van der Waals surface area contributed by atoms with Gasteiger partial charge in [-0.25, -0.2) is 0 Å². The zero-order chi connectivity index (χ0) is 25.2. The predicted octanol–water partition coefficient (Wildman–Crippen LogP) is 4.65. The summed E-state index contributed by atoms with van der Waals surface area (Å²) in [6.07, 6.45) is 1.61. The van der Waals surface area contributed by atoms with Gasteiger partial charge in [0, 0.05) is 33.1 Å². The number of carbonyl (C=O) groups is 1. The molecule has 3 aromatic carbocycles. The van der Waals surface area contributed by atoms with Gasteiger partial charge < -0.3 is 24.2 Å². The van der Waals surface area contributed by atoms with E-state index < -0.39 is 6.10 Å². The molecule has 0 bridgehead atoms. The number of benzene rings is 3. The topological polar surface area (TPSA) is 57.9 Å². The lowest BCUT2D eigenvalue weighted by atomic mass is 9.88. The van der Waals surface area contributed by atoms with E-state index in [2.05, 4.69) is 47.4 Å². The Morgan fingerprint density at radius 1 is 1.03 bits per heavy atom. The number of β-amino-alcohol motifs (C(OH)–C–C–N with tert-alkyl or cyclic N) is 1. The van der Waals surface area contributed by atoms with Crippen LogP contribution in [0.25, 0.3) is 21.7 Å². The molecule has 1 aliphatic rings. The minimum atomic E-state index is -0.580. The van der Waals surface area contributed by atoms with Crippen molar-refractivity contribution in [3.8, 4) is 5.75 Å². The van der Waals surface area contributed by atoms with Crippen LogP contribution in [0.3, 0.4) is 0 Å². The van der Waals surface area contributed by atoms with Gasteiger partial charge in [-0.3, -0.25) is 4.79 Å². The highest BCUT2D eigenvalue weighted by Crippen LogP contribution is 2.31. The van der Waals surface area contributed by atoms with Gasteiger partial charge in [-0.05, 0) is 66.4 Å². The van der Waals surface area contributed by atoms with E-state index in [4.69, 9.17) is 4.74 Å². The van der Waals surface area contributed by atoms with Crippen LogP contribution in [0.5, 0.6) is 5.75 Å². The van der Waals surface area contributed by atoms with Gasteiger partial charge in [0.25, 0.3) is 5.91 Å². The summed E-state index contributed by atoms with van der Waals surface area (Å²) < 4.78 is 7.94. The van der Waals surface area contributed by atoms with Crippen LogP contribution in [0.2, 0.25) is 0 Å². The van der Waals surface area contributed by atoms with Crippen LogP contribution in [0, 0.1) is 0 Å². The summed E-state index contributed by atoms with van der Waals surface area (Å²) in [6, 6.07) is 23.0. The number of ether oxygens (including phenoxy) is 1. The number of aryl methyl sites for hydroxylation is 1. The van der Waals surface area contributed by atoms with Crippen molar-refractivity contribution < 1.29 is 14.6 Å². The molecule has 4 aromatic rings. The van der Waals surface area contributed by atoms with Crippen LogP contribution < -0.4 is 4.74 Å². The molecule has 6 heteroatoms. The summed E-state index contributed by atoms with van der Waals surface area (Å²) in [6.45, 7) is 2.76. The standard InChI is InChI=1S/C30H35N3O3/c1-31(2)30(35)28-18-26-27(32(28)3)9-6-10-29(26)36-20-25(34)19-33-15-13-22(14-16-33)24-12-11-21-7-4-5-8-23(21)17-24/h4-12,17-18,22,25,34H,13-16,19-20H2,1-3H3/t25-/m0/s1. The summed E-state index contributed by atoms with van der Waals surface area (Å²) in [5.74, 6) is 1.20. The van der Waals surface area contributed by atoms with Crippen molar-refractivity contribution in [2.45, 2.75) is 24.9 Å². The van der Waals surface area contributed by atoms with E-state index in [0.717, 1.165) is 36.8 Å². The second kappa shape index (κ2) is 10.3. The van der Waals surface area contributed by atoms with E-state index in [1.54, 1.807) is 19.0 Å². The Bertz CT molecular complexity index is 1370. The first-order chi connectivity index (χ1) is 17.4. The van der Waals surface area contributed by atoms with Gasteiger partial charge in [-0.2, -0.15) is 0 Å². The Balaban J connectivity index is 1.17. The van der Waals surface area contributed by atoms with Crippen LogP contribution in [-0.2, 0) is 7.05 Å². The van der Waals surface area contributed by atoms with Crippen molar-refractivity contribution in [3.63, 3.8) is 0 Å². The van der Waals surface area contributed by atoms with Crippen LogP contribution in [0.15, 0.2) is 66.7 Å². The van der Waals surface area contributed by atoms with Gasteiger partial charge in [0.1, 0.15) is 24.2 Å². The average molecular weight is 486 g/mol. The molecule has 1 fully saturated rings. The molecule has 1 saturated heterocycles. The summed E-state index contributed by atoms with van der Waals surface area (Å²) in [7, 11) is 5.38.